The molecule has 0 spiro atoms. The first-order valence-corrected chi connectivity index (χ1v) is 3.12. The average Bonchev–Trinajstić information content (AvgIpc) is 2.35. The van der Waals surface area contributed by atoms with E-state index >= 15 is 0 Å². The number of carbonyl (C=O) groups is 1. The lowest BCUT2D eigenvalue weighted by Crippen LogP contribution is -2.20. The normalized spacial score (nSPS) is 9.64. The summed E-state index contributed by atoms with van der Waals surface area (Å²) in [7, 11) is 1.81. The molecule has 0 unspecified atom stereocenters. The number of hydroxylamine groups is 1. The molecule has 60 valence electrons. The molecule has 2 N–H and O–H groups in total. The van der Waals surface area contributed by atoms with E-state index in [2.05, 4.69) is 4.98 Å². The summed E-state index contributed by atoms with van der Waals surface area (Å²) in [4.78, 5) is 14.5. The SMILES string of the molecule is Cn1cnc(CC(=O)NO)c1. The quantitative estimate of drug-likeness (QED) is 0.445. The zero-order chi connectivity index (χ0) is 8.27. The first kappa shape index (κ1) is 7.74. The van der Waals surface area contributed by atoms with Gasteiger partial charge in [-0.05, 0) is 0 Å². The van der Waals surface area contributed by atoms with Crippen LogP contribution in [0.2, 0.25) is 0 Å². The third kappa shape index (κ3) is 2.05. The van der Waals surface area contributed by atoms with E-state index in [-0.39, 0.29) is 6.42 Å². The fraction of sp³-hybridized carbons (Fsp3) is 0.333. The highest BCUT2D eigenvalue weighted by Crippen LogP contribution is 1.94. The molecule has 0 bridgehead atoms. The molecule has 11 heavy (non-hydrogen) atoms. The van der Waals surface area contributed by atoms with Gasteiger partial charge in [0.05, 0.1) is 18.4 Å². The summed E-state index contributed by atoms with van der Waals surface area (Å²) in [6, 6.07) is 0. The highest BCUT2D eigenvalue weighted by molar-refractivity contribution is 5.76. The summed E-state index contributed by atoms with van der Waals surface area (Å²) < 4.78 is 1.74. The second kappa shape index (κ2) is 3.16. The van der Waals surface area contributed by atoms with Crippen molar-refractivity contribution in [1.82, 2.24) is 15.0 Å². The highest BCUT2D eigenvalue weighted by atomic mass is 16.5. The third-order valence-corrected chi connectivity index (χ3v) is 1.22. The second-order valence-electron chi connectivity index (χ2n) is 2.24. The van der Waals surface area contributed by atoms with Gasteiger partial charge in [-0.3, -0.25) is 10.0 Å². The zero-order valence-electron chi connectivity index (χ0n) is 6.11. The van der Waals surface area contributed by atoms with Crippen molar-refractivity contribution >= 4 is 5.91 Å². The van der Waals surface area contributed by atoms with Crippen molar-refractivity contribution in [2.75, 3.05) is 0 Å². The van der Waals surface area contributed by atoms with Crippen LogP contribution in [0.5, 0.6) is 0 Å². The topological polar surface area (TPSA) is 67.2 Å². The smallest absolute Gasteiger partial charge is 0.249 e. The van der Waals surface area contributed by atoms with Crippen LogP contribution in [0.1, 0.15) is 5.69 Å². The van der Waals surface area contributed by atoms with Gasteiger partial charge in [-0.25, -0.2) is 10.5 Å². The molecule has 1 heterocycles. The molecule has 5 heteroatoms. The van der Waals surface area contributed by atoms with Crippen LogP contribution >= 0.6 is 0 Å². The summed E-state index contributed by atoms with van der Waals surface area (Å²) in [5.74, 6) is -0.455. The molecule has 1 amide bonds. The molecule has 0 aliphatic carbocycles. The number of hydrogen-bond donors (Lipinski definition) is 2. The Hall–Kier alpha value is -1.36. The number of aromatic nitrogens is 2. The van der Waals surface area contributed by atoms with Gasteiger partial charge in [0, 0.05) is 13.2 Å². The molecule has 0 saturated heterocycles. The standard InChI is InChI=1S/C6H9N3O2/c1-9-3-5(7-4-9)2-6(10)8-11/h3-4,11H,2H2,1H3,(H,8,10). The first-order chi connectivity index (χ1) is 5.22. The maximum atomic E-state index is 10.6. The van der Waals surface area contributed by atoms with E-state index in [1.165, 1.54) is 5.48 Å². The minimum Gasteiger partial charge on any atom is -0.340 e. The van der Waals surface area contributed by atoms with Crippen LogP contribution in [-0.4, -0.2) is 20.7 Å². The van der Waals surface area contributed by atoms with E-state index in [1.807, 2.05) is 7.05 Å². The number of carbonyl (C=O) groups excluding carboxylic acids is 1. The van der Waals surface area contributed by atoms with Crippen molar-refractivity contribution in [3.63, 3.8) is 0 Å². The minimum absolute atomic E-state index is 0.108. The zero-order valence-corrected chi connectivity index (χ0v) is 6.11. The first-order valence-electron chi connectivity index (χ1n) is 3.12. The van der Waals surface area contributed by atoms with Crippen LogP contribution in [-0.2, 0) is 18.3 Å². The molecule has 0 aliphatic heterocycles. The maximum absolute atomic E-state index is 10.6. The molecule has 1 aromatic rings. The van der Waals surface area contributed by atoms with Crippen LogP contribution in [0.15, 0.2) is 12.5 Å². The van der Waals surface area contributed by atoms with E-state index in [0.717, 1.165) is 0 Å². The van der Waals surface area contributed by atoms with Crippen LogP contribution in [0.4, 0.5) is 0 Å². The summed E-state index contributed by atoms with van der Waals surface area (Å²) in [6.45, 7) is 0. The Kier molecular flexibility index (Phi) is 2.22. The van der Waals surface area contributed by atoms with Crippen LogP contribution in [0.3, 0.4) is 0 Å². The predicted octanol–water partition coefficient (Wildman–Crippen LogP) is -0.532. The summed E-state index contributed by atoms with van der Waals surface area (Å²) in [6.07, 6.45) is 3.42. The minimum atomic E-state index is -0.455. The second-order valence-corrected chi connectivity index (χ2v) is 2.24. The molecular weight excluding hydrogens is 146 g/mol. The van der Waals surface area contributed by atoms with Gasteiger partial charge in [0.25, 0.3) is 0 Å². The highest BCUT2D eigenvalue weighted by Gasteiger charge is 2.02. The van der Waals surface area contributed by atoms with Crippen molar-refractivity contribution in [1.29, 1.82) is 0 Å². The number of nitrogens with one attached hydrogen (secondary N) is 1. The van der Waals surface area contributed by atoms with E-state index < -0.39 is 5.91 Å². The van der Waals surface area contributed by atoms with Gasteiger partial charge in [-0.15, -0.1) is 0 Å². The lowest BCUT2D eigenvalue weighted by Gasteiger charge is -1.92. The number of nitrogens with zero attached hydrogens (tertiary/aromatic N) is 2. The predicted molar refractivity (Wildman–Crippen MR) is 36.8 cm³/mol. The molecule has 0 radical (unpaired) electrons. The van der Waals surface area contributed by atoms with Crippen molar-refractivity contribution in [3.8, 4) is 0 Å². The van der Waals surface area contributed by atoms with Crippen LogP contribution in [0.25, 0.3) is 0 Å². The average molecular weight is 155 g/mol. The molecule has 1 rings (SSSR count). The van der Waals surface area contributed by atoms with Crippen LogP contribution < -0.4 is 5.48 Å². The van der Waals surface area contributed by atoms with Gasteiger partial charge in [0.15, 0.2) is 0 Å². The third-order valence-electron chi connectivity index (χ3n) is 1.22. The lowest BCUT2D eigenvalue weighted by molar-refractivity contribution is -0.128. The Balaban J connectivity index is 2.57. The van der Waals surface area contributed by atoms with E-state index in [1.54, 1.807) is 17.1 Å². The molecule has 0 aromatic carbocycles. The number of aryl methyl sites for hydroxylation is 1. The summed E-state index contributed by atoms with van der Waals surface area (Å²) in [5.41, 5.74) is 2.17. The molecule has 0 atom stereocenters. The van der Waals surface area contributed by atoms with Gasteiger partial charge in [-0.1, -0.05) is 0 Å². The van der Waals surface area contributed by atoms with Gasteiger partial charge in [0.2, 0.25) is 5.91 Å². The Morgan fingerprint density at radius 1 is 1.91 bits per heavy atom. The Labute approximate surface area is 63.6 Å². The van der Waals surface area contributed by atoms with Gasteiger partial charge in [0.1, 0.15) is 0 Å². The Bertz CT molecular complexity index is 256. The van der Waals surface area contributed by atoms with Crippen LogP contribution in [0, 0.1) is 0 Å². The number of rotatable bonds is 2. The largest absolute Gasteiger partial charge is 0.340 e. The monoisotopic (exact) mass is 155 g/mol. The molecule has 0 aliphatic rings. The van der Waals surface area contributed by atoms with Crippen molar-refractivity contribution < 1.29 is 10.0 Å². The molecule has 0 saturated carbocycles. The molecule has 1 aromatic heterocycles. The Morgan fingerprint density at radius 3 is 3.09 bits per heavy atom. The van der Waals surface area contributed by atoms with Gasteiger partial charge >= 0.3 is 0 Å². The fourth-order valence-corrected chi connectivity index (χ4v) is 0.762. The summed E-state index contributed by atoms with van der Waals surface area (Å²) >= 11 is 0. The number of hydrogen-bond acceptors (Lipinski definition) is 3. The van der Waals surface area contributed by atoms with Crippen molar-refractivity contribution in [2.24, 2.45) is 7.05 Å². The van der Waals surface area contributed by atoms with E-state index in [9.17, 15) is 4.79 Å². The van der Waals surface area contributed by atoms with Crippen molar-refractivity contribution in [2.45, 2.75) is 6.42 Å². The molecular formula is C6H9N3O2. The lowest BCUT2D eigenvalue weighted by atomic mass is 10.3. The molecule has 0 fully saturated rings. The van der Waals surface area contributed by atoms with Gasteiger partial charge < -0.3 is 4.57 Å². The van der Waals surface area contributed by atoms with E-state index in [4.69, 9.17) is 5.21 Å². The maximum Gasteiger partial charge on any atom is 0.249 e. The number of imidazole rings is 1. The fourth-order valence-electron chi connectivity index (χ4n) is 0.762. The Morgan fingerprint density at radius 2 is 2.64 bits per heavy atom. The van der Waals surface area contributed by atoms with Gasteiger partial charge in [-0.2, -0.15) is 0 Å². The van der Waals surface area contributed by atoms with Crippen molar-refractivity contribution in [3.05, 3.63) is 18.2 Å². The van der Waals surface area contributed by atoms with E-state index in [0.29, 0.717) is 5.69 Å². The molecule has 5 nitrogen and oxygen atoms in total. The summed E-state index contributed by atoms with van der Waals surface area (Å²) in [5, 5.41) is 8.17. The number of amides is 1.